The molecule has 0 radical (unpaired) electrons. The second kappa shape index (κ2) is 10.7. The van der Waals surface area contributed by atoms with E-state index in [1.165, 1.54) is 11.9 Å². The van der Waals surface area contributed by atoms with E-state index in [0.29, 0.717) is 13.0 Å². The van der Waals surface area contributed by atoms with Gasteiger partial charge in [0.05, 0.1) is 6.04 Å². The van der Waals surface area contributed by atoms with E-state index in [0.717, 1.165) is 0 Å². The third-order valence-electron chi connectivity index (χ3n) is 8.28. The van der Waals surface area contributed by atoms with Crippen molar-refractivity contribution in [2.75, 3.05) is 20.1 Å². The molecule has 3 fully saturated rings. The van der Waals surface area contributed by atoms with Gasteiger partial charge in [0.25, 0.3) is 11.8 Å². The molecule has 13 heteroatoms. The largest absolute Gasteiger partial charge is 0.381 e. The van der Waals surface area contributed by atoms with Crippen LogP contribution in [0.15, 0.2) is 0 Å². The number of nitrogens with one attached hydrogen (secondary N) is 4. The highest BCUT2D eigenvalue weighted by Crippen LogP contribution is 2.65. The van der Waals surface area contributed by atoms with Gasteiger partial charge < -0.3 is 31.3 Å². The van der Waals surface area contributed by atoms with Crippen LogP contribution in [-0.2, 0) is 24.0 Å². The lowest BCUT2D eigenvalue weighted by atomic mass is 9.85. The Bertz CT molecular complexity index is 984. The van der Waals surface area contributed by atoms with Crippen LogP contribution in [0.4, 0.5) is 8.78 Å². The molecule has 11 nitrogen and oxygen atoms in total. The zero-order chi connectivity index (χ0) is 28.7. The van der Waals surface area contributed by atoms with Gasteiger partial charge >= 0.3 is 6.43 Å². The van der Waals surface area contributed by atoms with Crippen LogP contribution >= 0.6 is 0 Å². The van der Waals surface area contributed by atoms with Crippen LogP contribution in [0.25, 0.3) is 0 Å². The van der Waals surface area contributed by atoms with Crippen molar-refractivity contribution < 1.29 is 37.9 Å². The molecular weight excluding hydrogens is 504 g/mol. The number of rotatable bonds is 9. The molecule has 0 aromatic heterocycles. The zero-order valence-corrected chi connectivity index (χ0v) is 22.6. The van der Waals surface area contributed by atoms with Gasteiger partial charge in [0.15, 0.2) is 6.10 Å². The fraction of sp³-hybridized carbons (Fsp3) is 0.800. The molecule has 2 saturated heterocycles. The lowest BCUT2D eigenvalue weighted by Crippen LogP contribution is -2.61. The summed E-state index contributed by atoms with van der Waals surface area (Å²) < 4.78 is 26.0. The molecular formula is C25H39F2N5O6. The summed E-state index contributed by atoms with van der Waals surface area (Å²) in [5, 5.41) is 20.5. The number of aliphatic hydroxyl groups excluding tert-OH is 1. The van der Waals surface area contributed by atoms with Gasteiger partial charge in [0.1, 0.15) is 12.1 Å². The minimum Gasteiger partial charge on any atom is -0.381 e. The molecule has 7 atom stereocenters. The van der Waals surface area contributed by atoms with E-state index in [4.69, 9.17) is 0 Å². The van der Waals surface area contributed by atoms with Crippen LogP contribution in [0.1, 0.15) is 47.5 Å². The van der Waals surface area contributed by atoms with Crippen LogP contribution in [-0.4, -0.2) is 90.3 Å². The van der Waals surface area contributed by atoms with E-state index in [1.807, 2.05) is 13.8 Å². The van der Waals surface area contributed by atoms with E-state index < -0.39 is 65.6 Å². The Labute approximate surface area is 220 Å². The summed E-state index contributed by atoms with van der Waals surface area (Å²) in [5.74, 6) is -4.61. The number of carbonyl (C=O) groups is 5. The number of hydrogen-bond acceptors (Lipinski definition) is 6. The Kier molecular flexibility index (Phi) is 8.40. The Hall–Kier alpha value is -2.83. The summed E-state index contributed by atoms with van der Waals surface area (Å²) in [6, 6.07) is -3.42. The van der Waals surface area contributed by atoms with Crippen molar-refractivity contribution in [3.05, 3.63) is 0 Å². The summed E-state index contributed by atoms with van der Waals surface area (Å²) in [6.07, 6.45) is -4.45. The van der Waals surface area contributed by atoms with Gasteiger partial charge in [-0.2, -0.15) is 8.78 Å². The van der Waals surface area contributed by atoms with Gasteiger partial charge in [-0.3, -0.25) is 24.0 Å². The van der Waals surface area contributed by atoms with E-state index in [9.17, 15) is 37.9 Å². The quantitative estimate of drug-likeness (QED) is 0.261. The molecule has 1 unspecified atom stereocenters. The maximum absolute atomic E-state index is 13.7. The molecule has 2 aliphatic heterocycles. The fourth-order valence-electron chi connectivity index (χ4n) is 5.87. The van der Waals surface area contributed by atoms with Gasteiger partial charge in [-0.05, 0) is 35.5 Å². The second-order valence-electron chi connectivity index (χ2n) is 12.2. The van der Waals surface area contributed by atoms with Gasteiger partial charge in [0, 0.05) is 26.1 Å². The second-order valence-corrected chi connectivity index (χ2v) is 12.2. The highest BCUT2D eigenvalue weighted by molar-refractivity contribution is 5.95. The van der Waals surface area contributed by atoms with E-state index in [2.05, 4.69) is 21.3 Å². The predicted molar refractivity (Wildman–Crippen MR) is 131 cm³/mol. The number of halogens is 2. The Balaban J connectivity index is 1.87. The number of likely N-dealkylation sites (tertiary alicyclic amines) is 1. The number of amides is 5. The number of hydrogen-bond donors (Lipinski definition) is 5. The number of likely N-dealkylation sites (N-methyl/N-ethyl adjacent to an activating group) is 1. The highest BCUT2D eigenvalue weighted by atomic mass is 19.3. The number of fused-ring (bicyclic) bond motifs is 1. The SMILES string of the molecule is CNC(=O)C(O)[C@H](C[C@@H]1CCNC1=O)NC(=O)[C@@H]1[C@@H]2[C@H](CN1C(=O)[C@@H](NC(=O)C(F)F)C(C)(C)C)C2(C)C. The molecule has 3 rings (SSSR count). The molecule has 0 spiro atoms. The lowest BCUT2D eigenvalue weighted by molar-refractivity contribution is -0.148. The van der Waals surface area contributed by atoms with Crippen molar-refractivity contribution in [1.29, 1.82) is 0 Å². The standard InChI is InChI=1S/C25H39F2N5O6/c1-24(2,3)17(31-22(37)18(26)27)23(38)32-10-12-14(25(12,4)5)15(32)20(35)30-13(16(33)21(36)28-6)9-11-7-8-29-19(11)34/h11-18,33H,7-10H2,1-6H3,(H,28,36)(H,29,34)(H,30,35)(H,31,37)/t11-,12-,13-,14-,15-,16?,17+/m0/s1. The van der Waals surface area contributed by atoms with Gasteiger partial charge in [0.2, 0.25) is 17.7 Å². The van der Waals surface area contributed by atoms with Gasteiger partial charge in [-0.15, -0.1) is 0 Å². The van der Waals surface area contributed by atoms with Crippen molar-refractivity contribution in [3.63, 3.8) is 0 Å². The summed E-state index contributed by atoms with van der Waals surface area (Å²) >= 11 is 0. The lowest BCUT2D eigenvalue weighted by Gasteiger charge is -2.38. The zero-order valence-electron chi connectivity index (χ0n) is 22.6. The van der Waals surface area contributed by atoms with Crippen molar-refractivity contribution in [1.82, 2.24) is 26.2 Å². The van der Waals surface area contributed by atoms with Crippen LogP contribution in [0.2, 0.25) is 0 Å². The summed E-state index contributed by atoms with van der Waals surface area (Å²) in [6.45, 7) is 9.44. The van der Waals surface area contributed by atoms with Crippen LogP contribution in [0, 0.1) is 28.6 Å². The molecule has 2 heterocycles. The van der Waals surface area contributed by atoms with E-state index >= 15 is 0 Å². The average Bonchev–Trinajstić information content (AvgIpc) is 3.19. The fourth-order valence-corrected chi connectivity index (χ4v) is 5.87. The smallest absolute Gasteiger partial charge is 0.315 e. The monoisotopic (exact) mass is 543 g/mol. The van der Waals surface area contributed by atoms with Crippen LogP contribution in [0.3, 0.4) is 0 Å². The molecule has 0 aromatic rings. The van der Waals surface area contributed by atoms with Gasteiger partial charge in [-0.25, -0.2) is 0 Å². The molecule has 5 N–H and O–H groups in total. The first-order valence-corrected chi connectivity index (χ1v) is 12.9. The first-order chi connectivity index (χ1) is 17.5. The molecule has 5 amide bonds. The highest BCUT2D eigenvalue weighted by Gasteiger charge is 2.70. The summed E-state index contributed by atoms with van der Waals surface area (Å²) in [5.41, 5.74) is -1.21. The predicted octanol–water partition coefficient (Wildman–Crippen LogP) is -0.617. The van der Waals surface area contributed by atoms with Crippen molar-refractivity contribution in [2.24, 2.45) is 28.6 Å². The minimum absolute atomic E-state index is 0.0133. The number of alkyl halides is 2. The maximum Gasteiger partial charge on any atom is 0.315 e. The van der Waals surface area contributed by atoms with Crippen molar-refractivity contribution in [3.8, 4) is 0 Å². The first-order valence-electron chi connectivity index (χ1n) is 12.9. The Morgan fingerprint density at radius 2 is 1.79 bits per heavy atom. The number of carbonyl (C=O) groups excluding carboxylic acids is 5. The Morgan fingerprint density at radius 3 is 2.29 bits per heavy atom. The van der Waals surface area contributed by atoms with Crippen LogP contribution in [0.5, 0.6) is 0 Å². The maximum atomic E-state index is 13.7. The third kappa shape index (κ3) is 5.76. The molecule has 38 heavy (non-hydrogen) atoms. The number of piperidine rings is 1. The van der Waals surface area contributed by atoms with Crippen molar-refractivity contribution in [2.45, 2.75) is 78.1 Å². The molecule has 0 aromatic carbocycles. The van der Waals surface area contributed by atoms with Crippen molar-refractivity contribution >= 4 is 29.5 Å². The average molecular weight is 544 g/mol. The minimum atomic E-state index is -3.31. The van der Waals surface area contributed by atoms with Gasteiger partial charge in [-0.1, -0.05) is 34.6 Å². The summed E-state index contributed by atoms with van der Waals surface area (Å²) in [4.78, 5) is 64.9. The normalized spacial score (nSPS) is 28.2. The third-order valence-corrected chi connectivity index (χ3v) is 8.28. The number of nitrogens with zero attached hydrogens (tertiary/aromatic N) is 1. The molecule has 1 saturated carbocycles. The topological polar surface area (TPSA) is 157 Å². The van der Waals surface area contributed by atoms with E-state index in [1.54, 1.807) is 20.8 Å². The Morgan fingerprint density at radius 1 is 1.16 bits per heavy atom. The molecule has 214 valence electrons. The van der Waals surface area contributed by atoms with E-state index in [-0.39, 0.29) is 36.1 Å². The molecule has 0 bridgehead atoms. The first kappa shape index (κ1) is 29.7. The van der Waals surface area contributed by atoms with Crippen LogP contribution < -0.4 is 21.3 Å². The summed E-state index contributed by atoms with van der Waals surface area (Å²) in [7, 11) is 1.34. The number of aliphatic hydroxyl groups is 1. The molecule has 3 aliphatic rings. The molecule has 1 aliphatic carbocycles.